The van der Waals surface area contributed by atoms with Gasteiger partial charge in [0.05, 0.1) is 26.4 Å². The average Bonchev–Trinajstić information content (AvgIpc) is 2.26. The van der Waals surface area contributed by atoms with Gasteiger partial charge in [0.1, 0.15) is 5.75 Å². The second-order valence-corrected chi connectivity index (χ2v) is 4.17. The van der Waals surface area contributed by atoms with Gasteiger partial charge in [-0.15, -0.1) is 0 Å². The Morgan fingerprint density at radius 1 is 1.38 bits per heavy atom. The van der Waals surface area contributed by atoms with Crippen molar-refractivity contribution >= 4 is 0 Å². The predicted molar refractivity (Wildman–Crippen MR) is 61.3 cm³/mol. The standard InChI is InChI=1S/C13H18O3/c1-15-13-6-5-10(8-14)7-11(13)9-16-12-3-2-4-12/h5-7,12,14H,2-4,8-9H2,1H3. The molecule has 3 heteroatoms. The first kappa shape index (κ1) is 11.4. The van der Waals surface area contributed by atoms with Gasteiger partial charge in [0.25, 0.3) is 0 Å². The zero-order valence-corrected chi connectivity index (χ0v) is 9.61. The lowest BCUT2D eigenvalue weighted by Crippen LogP contribution is -2.21. The van der Waals surface area contributed by atoms with E-state index >= 15 is 0 Å². The van der Waals surface area contributed by atoms with Crippen molar-refractivity contribution in [3.63, 3.8) is 0 Å². The molecule has 0 radical (unpaired) electrons. The number of hydrogen-bond donors (Lipinski definition) is 1. The molecule has 1 saturated carbocycles. The van der Waals surface area contributed by atoms with E-state index in [0.717, 1.165) is 16.9 Å². The van der Waals surface area contributed by atoms with E-state index in [1.807, 2.05) is 18.2 Å². The summed E-state index contributed by atoms with van der Waals surface area (Å²) < 4.78 is 11.0. The third-order valence-electron chi connectivity index (χ3n) is 3.05. The maximum Gasteiger partial charge on any atom is 0.124 e. The molecule has 1 aromatic rings. The van der Waals surface area contributed by atoms with E-state index in [9.17, 15) is 0 Å². The van der Waals surface area contributed by atoms with Crippen molar-refractivity contribution in [3.8, 4) is 5.75 Å². The van der Waals surface area contributed by atoms with Crippen LogP contribution in [0.5, 0.6) is 5.75 Å². The van der Waals surface area contributed by atoms with Crippen LogP contribution < -0.4 is 4.74 Å². The Balaban J connectivity index is 2.03. The molecule has 1 fully saturated rings. The Kier molecular flexibility index (Phi) is 3.80. The van der Waals surface area contributed by atoms with Crippen molar-refractivity contribution in [3.05, 3.63) is 29.3 Å². The van der Waals surface area contributed by atoms with E-state index in [1.165, 1.54) is 19.3 Å². The number of hydrogen-bond acceptors (Lipinski definition) is 3. The summed E-state index contributed by atoms with van der Waals surface area (Å²) in [6, 6.07) is 5.69. The highest BCUT2D eigenvalue weighted by molar-refractivity contribution is 5.36. The monoisotopic (exact) mass is 222 g/mol. The fraction of sp³-hybridized carbons (Fsp3) is 0.538. The van der Waals surface area contributed by atoms with E-state index < -0.39 is 0 Å². The molecule has 0 heterocycles. The molecule has 0 saturated heterocycles. The number of ether oxygens (including phenoxy) is 2. The van der Waals surface area contributed by atoms with Crippen molar-refractivity contribution in [2.45, 2.75) is 38.6 Å². The molecule has 0 aliphatic heterocycles. The van der Waals surface area contributed by atoms with E-state index in [2.05, 4.69) is 0 Å². The molecule has 0 spiro atoms. The van der Waals surface area contributed by atoms with Crippen molar-refractivity contribution in [2.24, 2.45) is 0 Å². The van der Waals surface area contributed by atoms with Crippen LogP contribution in [0.2, 0.25) is 0 Å². The van der Waals surface area contributed by atoms with Crippen LogP contribution in [0.3, 0.4) is 0 Å². The van der Waals surface area contributed by atoms with Crippen LogP contribution in [0.25, 0.3) is 0 Å². The van der Waals surface area contributed by atoms with Crippen LogP contribution in [0.1, 0.15) is 30.4 Å². The van der Waals surface area contributed by atoms with Crippen LogP contribution in [0, 0.1) is 0 Å². The zero-order chi connectivity index (χ0) is 11.4. The van der Waals surface area contributed by atoms with Crippen molar-refractivity contribution < 1.29 is 14.6 Å². The zero-order valence-electron chi connectivity index (χ0n) is 9.61. The molecule has 0 atom stereocenters. The second kappa shape index (κ2) is 5.32. The van der Waals surface area contributed by atoms with Crippen molar-refractivity contribution in [1.82, 2.24) is 0 Å². The van der Waals surface area contributed by atoms with Gasteiger partial charge in [0, 0.05) is 5.56 Å². The minimum Gasteiger partial charge on any atom is -0.496 e. The highest BCUT2D eigenvalue weighted by Crippen LogP contribution is 2.26. The lowest BCUT2D eigenvalue weighted by Gasteiger charge is -2.25. The first-order valence-electron chi connectivity index (χ1n) is 5.71. The van der Waals surface area contributed by atoms with Crippen LogP contribution in [0.4, 0.5) is 0 Å². The summed E-state index contributed by atoms with van der Waals surface area (Å²) in [5, 5.41) is 9.08. The van der Waals surface area contributed by atoms with E-state index in [0.29, 0.717) is 12.7 Å². The molecular weight excluding hydrogens is 204 g/mol. The summed E-state index contributed by atoms with van der Waals surface area (Å²) in [5.74, 6) is 0.830. The molecule has 16 heavy (non-hydrogen) atoms. The van der Waals surface area contributed by atoms with Gasteiger partial charge in [-0.1, -0.05) is 6.07 Å². The molecule has 1 aliphatic rings. The molecule has 0 unspecified atom stereocenters. The third-order valence-corrected chi connectivity index (χ3v) is 3.05. The Labute approximate surface area is 96.0 Å². The highest BCUT2D eigenvalue weighted by atomic mass is 16.5. The Morgan fingerprint density at radius 3 is 2.75 bits per heavy atom. The van der Waals surface area contributed by atoms with Gasteiger partial charge in [-0.05, 0) is 37.0 Å². The van der Waals surface area contributed by atoms with Gasteiger partial charge in [0.15, 0.2) is 0 Å². The summed E-state index contributed by atoms with van der Waals surface area (Å²) in [7, 11) is 1.65. The smallest absolute Gasteiger partial charge is 0.124 e. The fourth-order valence-electron chi connectivity index (χ4n) is 1.79. The van der Waals surface area contributed by atoms with Gasteiger partial charge in [-0.25, -0.2) is 0 Å². The quantitative estimate of drug-likeness (QED) is 0.830. The summed E-state index contributed by atoms with van der Waals surface area (Å²) in [6.07, 6.45) is 4.03. The minimum absolute atomic E-state index is 0.0560. The molecule has 1 aliphatic carbocycles. The Bertz CT molecular complexity index is 345. The highest BCUT2D eigenvalue weighted by Gasteiger charge is 2.18. The SMILES string of the molecule is COc1ccc(CO)cc1COC1CCC1. The summed E-state index contributed by atoms with van der Waals surface area (Å²) in [5.41, 5.74) is 1.91. The van der Waals surface area contributed by atoms with Crippen molar-refractivity contribution in [1.29, 1.82) is 0 Å². The van der Waals surface area contributed by atoms with Crippen LogP contribution >= 0.6 is 0 Å². The Hall–Kier alpha value is -1.06. The maximum atomic E-state index is 9.08. The second-order valence-electron chi connectivity index (χ2n) is 4.17. The van der Waals surface area contributed by atoms with Gasteiger partial charge in [-0.2, -0.15) is 0 Å². The van der Waals surface area contributed by atoms with Crippen molar-refractivity contribution in [2.75, 3.05) is 7.11 Å². The lowest BCUT2D eigenvalue weighted by atomic mass is 9.96. The topological polar surface area (TPSA) is 38.7 Å². The van der Waals surface area contributed by atoms with Gasteiger partial charge in [0.2, 0.25) is 0 Å². The van der Waals surface area contributed by atoms with E-state index in [-0.39, 0.29) is 6.61 Å². The van der Waals surface area contributed by atoms with E-state index in [4.69, 9.17) is 14.6 Å². The number of aliphatic hydroxyl groups is 1. The maximum absolute atomic E-state index is 9.08. The number of benzene rings is 1. The number of aliphatic hydroxyl groups excluding tert-OH is 1. The van der Waals surface area contributed by atoms with Gasteiger partial charge < -0.3 is 14.6 Å². The average molecular weight is 222 g/mol. The normalized spacial score (nSPS) is 15.9. The molecule has 0 aromatic heterocycles. The molecule has 88 valence electrons. The molecule has 0 amide bonds. The fourth-order valence-corrected chi connectivity index (χ4v) is 1.79. The van der Waals surface area contributed by atoms with Gasteiger partial charge >= 0.3 is 0 Å². The molecule has 0 bridgehead atoms. The lowest BCUT2D eigenvalue weighted by molar-refractivity contribution is -0.00938. The van der Waals surface area contributed by atoms with Crippen LogP contribution in [0.15, 0.2) is 18.2 Å². The van der Waals surface area contributed by atoms with Crippen LogP contribution in [-0.4, -0.2) is 18.3 Å². The predicted octanol–water partition coefficient (Wildman–Crippen LogP) is 2.26. The number of methoxy groups -OCH3 is 1. The first-order chi connectivity index (χ1) is 7.83. The summed E-state index contributed by atoms with van der Waals surface area (Å²) >= 11 is 0. The summed E-state index contributed by atoms with van der Waals surface area (Å²) in [4.78, 5) is 0. The molecule has 2 rings (SSSR count). The molecular formula is C13H18O3. The number of rotatable bonds is 5. The summed E-state index contributed by atoms with van der Waals surface area (Å²) in [6.45, 7) is 0.627. The molecule has 3 nitrogen and oxygen atoms in total. The van der Waals surface area contributed by atoms with E-state index in [1.54, 1.807) is 7.11 Å². The first-order valence-corrected chi connectivity index (χ1v) is 5.71. The Morgan fingerprint density at radius 2 is 2.19 bits per heavy atom. The third kappa shape index (κ3) is 2.54. The molecule has 1 N–H and O–H groups in total. The van der Waals surface area contributed by atoms with Crippen LogP contribution in [-0.2, 0) is 18.0 Å². The molecule has 1 aromatic carbocycles. The van der Waals surface area contributed by atoms with Gasteiger partial charge in [-0.3, -0.25) is 0 Å². The minimum atomic E-state index is 0.0560. The largest absolute Gasteiger partial charge is 0.496 e.